The third-order valence-corrected chi connectivity index (χ3v) is 8.66. The van der Waals surface area contributed by atoms with Gasteiger partial charge in [0.1, 0.15) is 11.8 Å². The Labute approximate surface area is 229 Å². The van der Waals surface area contributed by atoms with Gasteiger partial charge in [0.05, 0.1) is 13.2 Å². The molecule has 4 bridgehead atoms. The zero-order valence-corrected chi connectivity index (χ0v) is 22.5. The molecule has 1 aromatic carbocycles. The van der Waals surface area contributed by atoms with E-state index >= 15 is 0 Å². The van der Waals surface area contributed by atoms with Crippen molar-refractivity contribution in [2.45, 2.75) is 70.3 Å². The van der Waals surface area contributed by atoms with Crippen molar-refractivity contribution in [3.8, 4) is 5.75 Å². The number of carbonyl (C=O) groups excluding carboxylic acids is 2. The van der Waals surface area contributed by atoms with E-state index in [1.54, 1.807) is 12.1 Å². The first kappa shape index (κ1) is 27.3. The van der Waals surface area contributed by atoms with Crippen LogP contribution in [0.3, 0.4) is 0 Å². The number of benzene rings is 1. The van der Waals surface area contributed by atoms with E-state index in [1.165, 1.54) is 19.3 Å². The molecule has 0 radical (unpaired) electrons. The van der Waals surface area contributed by atoms with Crippen LogP contribution in [0.5, 0.6) is 5.75 Å². The number of aliphatic carboxylic acids is 1. The molecule has 1 aromatic rings. The summed E-state index contributed by atoms with van der Waals surface area (Å²) >= 11 is 0. The summed E-state index contributed by atoms with van der Waals surface area (Å²) in [5.74, 6) is 2.22. The zero-order chi connectivity index (χ0) is 27.2. The summed E-state index contributed by atoms with van der Waals surface area (Å²) < 4.78 is 11.3. The first-order chi connectivity index (χ1) is 18.9. The van der Waals surface area contributed by atoms with Gasteiger partial charge in [-0.25, -0.2) is 9.59 Å². The van der Waals surface area contributed by atoms with E-state index in [-0.39, 0.29) is 24.3 Å². The lowest BCUT2D eigenvalue weighted by atomic mass is 9.50. The minimum Gasteiger partial charge on any atom is -0.494 e. The zero-order valence-electron chi connectivity index (χ0n) is 22.5. The number of ether oxygens (including phenoxy) is 2. The Morgan fingerprint density at radius 1 is 1.08 bits per heavy atom. The minimum absolute atomic E-state index is 0.0885. The smallest absolute Gasteiger partial charge is 0.407 e. The van der Waals surface area contributed by atoms with Gasteiger partial charge in [-0.1, -0.05) is 12.1 Å². The first-order valence-corrected chi connectivity index (χ1v) is 14.3. The largest absolute Gasteiger partial charge is 0.494 e. The lowest BCUT2D eigenvalue weighted by molar-refractivity contribution is -0.139. The lowest BCUT2D eigenvalue weighted by Gasteiger charge is -2.56. The highest BCUT2D eigenvalue weighted by Gasteiger charge is 2.51. The number of nitrogens with zero attached hydrogens (tertiary/aromatic N) is 1. The molecule has 10 nitrogen and oxygen atoms in total. The summed E-state index contributed by atoms with van der Waals surface area (Å²) in [6.07, 6.45) is 8.67. The maximum absolute atomic E-state index is 12.5. The van der Waals surface area contributed by atoms with Crippen molar-refractivity contribution in [2.24, 2.45) is 28.2 Å². The van der Waals surface area contributed by atoms with Gasteiger partial charge in [0, 0.05) is 31.3 Å². The second-order valence-corrected chi connectivity index (χ2v) is 11.9. The Morgan fingerprint density at radius 2 is 1.77 bits per heavy atom. The molecule has 1 heterocycles. The van der Waals surface area contributed by atoms with Gasteiger partial charge in [0.2, 0.25) is 5.91 Å². The number of carboxylic acids is 1. The van der Waals surface area contributed by atoms with Gasteiger partial charge >= 0.3 is 12.1 Å². The summed E-state index contributed by atoms with van der Waals surface area (Å²) in [6, 6.07) is 6.27. The third kappa shape index (κ3) is 7.42. The maximum Gasteiger partial charge on any atom is 0.407 e. The Morgan fingerprint density at radius 3 is 2.38 bits per heavy atom. The van der Waals surface area contributed by atoms with Crippen LogP contribution in [0.15, 0.2) is 29.3 Å². The minimum atomic E-state index is -1.12. The van der Waals surface area contributed by atoms with Gasteiger partial charge in [0.15, 0.2) is 5.96 Å². The summed E-state index contributed by atoms with van der Waals surface area (Å²) in [6.45, 7) is 2.04. The number of aryl methyl sites for hydroxylation is 1. The van der Waals surface area contributed by atoms with E-state index in [2.05, 4.69) is 20.9 Å². The molecule has 4 saturated carbocycles. The molecule has 1 aliphatic heterocycles. The summed E-state index contributed by atoms with van der Waals surface area (Å²) in [4.78, 5) is 40.6. The molecule has 4 N–H and O–H groups in total. The van der Waals surface area contributed by atoms with Gasteiger partial charge in [-0.15, -0.1) is 0 Å². The van der Waals surface area contributed by atoms with Crippen LogP contribution in [0, 0.1) is 23.2 Å². The van der Waals surface area contributed by atoms with Crippen molar-refractivity contribution in [2.75, 3.05) is 26.3 Å². The van der Waals surface area contributed by atoms with E-state index in [4.69, 9.17) is 9.47 Å². The molecule has 2 amide bonds. The SMILES string of the molecule is O=C(CCc1ccc(OCC[C@H](NC(=O)OCC23CC4CC(CC(C4)C2)C3)C(=O)O)cc1)NC1=NCCCN1. The Hall–Kier alpha value is -3.30. The van der Waals surface area contributed by atoms with E-state index in [9.17, 15) is 19.5 Å². The average molecular weight is 541 g/mol. The predicted octanol–water partition coefficient (Wildman–Crippen LogP) is 3.25. The van der Waals surface area contributed by atoms with E-state index in [0.29, 0.717) is 31.2 Å². The Kier molecular flexibility index (Phi) is 8.57. The molecular weight excluding hydrogens is 500 g/mol. The van der Waals surface area contributed by atoms with Crippen LogP contribution in [0.25, 0.3) is 0 Å². The summed E-state index contributed by atoms with van der Waals surface area (Å²) in [7, 11) is 0. The molecule has 39 heavy (non-hydrogen) atoms. The standard InChI is InChI=1S/C29H40N4O6/c34-25(33-27-30-9-1-10-31-27)7-4-19-2-5-23(6-3-19)38-11-8-24(26(35)36)32-28(37)39-18-29-15-20-12-21(16-29)14-22(13-20)17-29/h2-3,5-6,20-22,24H,1,4,7-18H2,(H,32,37)(H,35,36)(H2,30,31,33,34)/t20?,21?,22?,24-,29?/m0/s1. The summed E-state index contributed by atoms with van der Waals surface area (Å²) in [5, 5.41) is 18.0. The van der Waals surface area contributed by atoms with Crippen molar-refractivity contribution in [3.05, 3.63) is 29.8 Å². The van der Waals surface area contributed by atoms with E-state index in [1.807, 2.05) is 12.1 Å². The average Bonchev–Trinajstić information content (AvgIpc) is 2.91. The quantitative estimate of drug-likeness (QED) is 0.338. The summed E-state index contributed by atoms with van der Waals surface area (Å²) in [5.41, 5.74) is 1.08. The van der Waals surface area contributed by atoms with Gasteiger partial charge < -0.3 is 25.2 Å². The van der Waals surface area contributed by atoms with Crippen LogP contribution >= 0.6 is 0 Å². The highest BCUT2D eigenvalue weighted by atomic mass is 16.5. The number of rotatable bonds is 11. The molecule has 4 fully saturated rings. The number of guanidine groups is 1. The van der Waals surface area contributed by atoms with Crippen LogP contribution in [0.1, 0.15) is 63.4 Å². The second-order valence-electron chi connectivity index (χ2n) is 11.9. The van der Waals surface area contributed by atoms with Crippen LogP contribution in [-0.2, 0) is 20.7 Å². The van der Waals surface area contributed by atoms with Crippen molar-refractivity contribution < 1.29 is 29.0 Å². The van der Waals surface area contributed by atoms with Gasteiger partial charge in [-0.05, 0) is 86.8 Å². The van der Waals surface area contributed by atoms with Crippen molar-refractivity contribution in [1.82, 2.24) is 16.0 Å². The molecule has 212 valence electrons. The van der Waals surface area contributed by atoms with Crippen LogP contribution in [-0.4, -0.2) is 61.4 Å². The number of carbonyl (C=O) groups is 3. The monoisotopic (exact) mass is 540 g/mol. The fourth-order valence-corrected chi connectivity index (χ4v) is 7.24. The number of alkyl carbamates (subject to hydrolysis) is 1. The lowest BCUT2D eigenvalue weighted by Crippen LogP contribution is -2.49. The predicted molar refractivity (Wildman–Crippen MR) is 144 cm³/mol. The Balaban J connectivity index is 1.01. The first-order valence-electron chi connectivity index (χ1n) is 14.3. The molecule has 10 heteroatoms. The molecule has 0 saturated heterocycles. The maximum atomic E-state index is 12.5. The number of hydrogen-bond donors (Lipinski definition) is 4. The van der Waals surface area contributed by atoms with Gasteiger partial charge in [-0.3, -0.25) is 15.1 Å². The van der Waals surface area contributed by atoms with Crippen LogP contribution in [0.4, 0.5) is 4.79 Å². The number of aliphatic imine (C=N–C) groups is 1. The highest BCUT2D eigenvalue weighted by Crippen LogP contribution is 2.60. The molecule has 0 aromatic heterocycles. The van der Waals surface area contributed by atoms with Gasteiger partial charge in [-0.2, -0.15) is 0 Å². The normalized spacial score (nSPS) is 27.6. The third-order valence-electron chi connectivity index (χ3n) is 8.66. The number of amides is 2. The topological polar surface area (TPSA) is 138 Å². The van der Waals surface area contributed by atoms with Crippen LogP contribution in [0.2, 0.25) is 0 Å². The van der Waals surface area contributed by atoms with Crippen molar-refractivity contribution in [1.29, 1.82) is 0 Å². The van der Waals surface area contributed by atoms with E-state index < -0.39 is 18.1 Å². The molecule has 5 aliphatic rings. The molecule has 0 unspecified atom stereocenters. The van der Waals surface area contributed by atoms with Gasteiger partial charge in [0.25, 0.3) is 0 Å². The second kappa shape index (κ2) is 12.3. The fraction of sp³-hybridized carbons (Fsp3) is 0.655. The number of nitrogens with one attached hydrogen (secondary N) is 3. The molecule has 1 atom stereocenters. The van der Waals surface area contributed by atoms with E-state index in [0.717, 1.165) is 62.1 Å². The van der Waals surface area contributed by atoms with Crippen molar-refractivity contribution in [3.63, 3.8) is 0 Å². The molecule has 0 spiro atoms. The Bertz CT molecular complexity index is 1040. The molecule has 6 rings (SSSR count). The molecule has 4 aliphatic carbocycles. The number of hydrogen-bond acceptors (Lipinski definition) is 7. The molecular formula is C29H40N4O6. The van der Waals surface area contributed by atoms with Crippen LogP contribution < -0.4 is 20.7 Å². The van der Waals surface area contributed by atoms with Crippen molar-refractivity contribution >= 4 is 23.9 Å². The fourth-order valence-electron chi connectivity index (χ4n) is 7.24. The highest BCUT2D eigenvalue weighted by molar-refractivity contribution is 5.97. The number of carboxylic acid groups (broad SMARTS) is 1.